The Bertz CT molecular complexity index is 223. The van der Waals surface area contributed by atoms with Crippen LogP contribution in [0.15, 0.2) is 0 Å². The van der Waals surface area contributed by atoms with Crippen LogP contribution in [0.4, 0.5) is 0 Å². The fraction of sp³-hybridized carbons (Fsp3) is 0.900. The zero-order valence-corrected chi connectivity index (χ0v) is 8.42. The highest BCUT2D eigenvalue weighted by Crippen LogP contribution is 2.61. The highest BCUT2D eigenvalue weighted by Gasteiger charge is 2.62. The van der Waals surface area contributed by atoms with E-state index in [4.69, 9.17) is 5.73 Å². The summed E-state index contributed by atoms with van der Waals surface area (Å²) in [5, 5.41) is 0. The molecule has 1 aliphatic heterocycles. The van der Waals surface area contributed by atoms with Gasteiger partial charge in [0.25, 0.3) is 0 Å². The molecule has 0 radical (unpaired) electrons. The van der Waals surface area contributed by atoms with Gasteiger partial charge in [0.2, 0.25) is 5.91 Å². The molecule has 1 amide bonds. The minimum Gasteiger partial charge on any atom is -0.342 e. The summed E-state index contributed by atoms with van der Waals surface area (Å²) in [6.07, 6.45) is 0.514. The number of hydrogen-bond acceptors (Lipinski definition) is 2. The Hall–Kier alpha value is -0.570. The van der Waals surface area contributed by atoms with Crippen molar-refractivity contribution in [3.05, 3.63) is 0 Å². The first-order valence-electron chi connectivity index (χ1n) is 5.05. The molecule has 2 rings (SSSR count). The summed E-state index contributed by atoms with van der Waals surface area (Å²) in [6.45, 7) is 7.02. The highest BCUT2D eigenvalue weighted by molar-refractivity contribution is 5.77. The van der Waals surface area contributed by atoms with Crippen molar-refractivity contribution >= 4 is 5.91 Å². The lowest BCUT2D eigenvalue weighted by molar-refractivity contribution is -0.130. The molecule has 0 aromatic heterocycles. The zero-order valence-electron chi connectivity index (χ0n) is 8.42. The largest absolute Gasteiger partial charge is 0.342 e. The van der Waals surface area contributed by atoms with Gasteiger partial charge in [0.15, 0.2) is 0 Å². The highest BCUT2D eigenvalue weighted by atomic mass is 16.2. The molecule has 2 fully saturated rings. The van der Waals surface area contributed by atoms with Gasteiger partial charge in [0, 0.05) is 26.1 Å². The van der Waals surface area contributed by atoms with Crippen LogP contribution >= 0.6 is 0 Å². The number of nitrogens with two attached hydrogens (primary N) is 1. The number of nitrogens with zero attached hydrogens (tertiary/aromatic N) is 1. The molecular formula is C10H18N2O. The van der Waals surface area contributed by atoms with Gasteiger partial charge >= 0.3 is 0 Å². The first-order chi connectivity index (χ1) is 6.07. The molecule has 1 saturated carbocycles. The predicted molar refractivity (Wildman–Crippen MR) is 51.0 cm³/mol. The van der Waals surface area contributed by atoms with E-state index in [0.29, 0.717) is 18.4 Å². The third kappa shape index (κ3) is 1.26. The molecule has 74 valence electrons. The molecule has 3 nitrogen and oxygen atoms in total. The fourth-order valence-corrected chi connectivity index (χ4v) is 2.62. The summed E-state index contributed by atoms with van der Waals surface area (Å²) in [5.41, 5.74) is 5.85. The van der Waals surface area contributed by atoms with Crippen molar-refractivity contribution in [2.45, 2.75) is 20.3 Å². The molecule has 13 heavy (non-hydrogen) atoms. The molecule has 2 unspecified atom stereocenters. The number of fused-ring (bicyclic) bond motifs is 1. The number of carbonyl (C=O) groups is 1. The quantitative estimate of drug-likeness (QED) is 0.674. The maximum absolute atomic E-state index is 11.5. The van der Waals surface area contributed by atoms with Crippen LogP contribution in [0, 0.1) is 17.3 Å². The molecule has 1 aliphatic carbocycles. The number of hydrogen-bond donors (Lipinski definition) is 1. The van der Waals surface area contributed by atoms with Crippen LogP contribution in [0.1, 0.15) is 20.3 Å². The van der Waals surface area contributed by atoms with E-state index in [1.165, 1.54) is 0 Å². The molecule has 3 heteroatoms. The lowest BCUT2D eigenvalue weighted by Gasteiger charge is -2.21. The van der Waals surface area contributed by atoms with Crippen LogP contribution < -0.4 is 5.73 Å². The molecule has 2 aliphatic rings. The average molecular weight is 182 g/mol. The Labute approximate surface area is 79.3 Å². The van der Waals surface area contributed by atoms with Crippen molar-refractivity contribution in [1.29, 1.82) is 0 Å². The first kappa shape index (κ1) is 9.00. The SMILES string of the molecule is CC1(C)C2CN(C(=O)CCN)CC21. The van der Waals surface area contributed by atoms with E-state index in [2.05, 4.69) is 13.8 Å². The minimum absolute atomic E-state index is 0.241. The van der Waals surface area contributed by atoms with Crippen molar-refractivity contribution in [3.63, 3.8) is 0 Å². The van der Waals surface area contributed by atoms with Crippen molar-refractivity contribution in [2.75, 3.05) is 19.6 Å². The number of amides is 1. The predicted octanol–water partition coefficient (Wildman–Crippen LogP) is 0.450. The Kier molecular flexibility index (Phi) is 1.88. The van der Waals surface area contributed by atoms with Gasteiger partial charge in [-0.3, -0.25) is 4.79 Å². The van der Waals surface area contributed by atoms with Gasteiger partial charge < -0.3 is 10.6 Å². The second-order valence-corrected chi connectivity index (χ2v) is 4.87. The second kappa shape index (κ2) is 2.71. The summed E-state index contributed by atoms with van der Waals surface area (Å²) in [7, 11) is 0. The van der Waals surface area contributed by atoms with Gasteiger partial charge in [0.1, 0.15) is 0 Å². The van der Waals surface area contributed by atoms with Crippen LogP contribution in [-0.4, -0.2) is 30.4 Å². The smallest absolute Gasteiger partial charge is 0.223 e. The van der Waals surface area contributed by atoms with Gasteiger partial charge in [-0.2, -0.15) is 0 Å². The first-order valence-corrected chi connectivity index (χ1v) is 5.05. The molecule has 1 saturated heterocycles. The number of rotatable bonds is 2. The molecular weight excluding hydrogens is 164 g/mol. The summed E-state index contributed by atoms with van der Waals surface area (Å²) >= 11 is 0. The molecule has 0 aromatic carbocycles. The van der Waals surface area contributed by atoms with E-state index in [-0.39, 0.29) is 5.91 Å². The Balaban J connectivity index is 1.87. The number of likely N-dealkylation sites (tertiary alicyclic amines) is 1. The van der Waals surface area contributed by atoms with E-state index in [1.54, 1.807) is 0 Å². The number of carbonyl (C=O) groups excluding carboxylic acids is 1. The third-order valence-electron chi connectivity index (χ3n) is 3.83. The Morgan fingerprint density at radius 1 is 1.46 bits per heavy atom. The topological polar surface area (TPSA) is 46.3 Å². The van der Waals surface area contributed by atoms with Gasteiger partial charge in [-0.15, -0.1) is 0 Å². The van der Waals surface area contributed by atoms with Gasteiger partial charge in [-0.05, 0) is 17.3 Å². The van der Waals surface area contributed by atoms with Crippen molar-refractivity contribution in [3.8, 4) is 0 Å². The van der Waals surface area contributed by atoms with Gasteiger partial charge in [-0.1, -0.05) is 13.8 Å². The number of piperidine rings is 1. The normalized spacial score (nSPS) is 34.5. The van der Waals surface area contributed by atoms with E-state index in [9.17, 15) is 4.79 Å². The Morgan fingerprint density at radius 2 is 2.00 bits per heavy atom. The van der Waals surface area contributed by atoms with Crippen molar-refractivity contribution in [1.82, 2.24) is 4.90 Å². The molecule has 0 spiro atoms. The third-order valence-corrected chi connectivity index (χ3v) is 3.83. The maximum atomic E-state index is 11.5. The van der Waals surface area contributed by atoms with Crippen LogP contribution in [0.5, 0.6) is 0 Å². The van der Waals surface area contributed by atoms with Gasteiger partial charge in [0.05, 0.1) is 0 Å². The molecule has 2 atom stereocenters. The molecule has 0 aromatic rings. The van der Waals surface area contributed by atoms with E-state index < -0.39 is 0 Å². The standard InChI is InChI=1S/C10H18N2O/c1-10(2)7-5-12(6-8(7)10)9(13)3-4-11/h7-8H,3-6,11H2,1-2H3. The van der Waals surface area contributed by atoms with Crippen LogP contribution in [0.2, 0.25) is 0 Å². The Morgan fingerprint density at radius 3 is 2.46 bits per heavy atom. The van der Waals surface area contributed by atoms with Crippen LogP contribution in [0.3, 0.4) is 0 Å². The fourth-order valence-electron chi connectivity index (χ4n) is 2.62. The molecule has 1 heterocycles. The lowest BCUT2D eigenvalue weighted by Crippen LogP contribution is -2.33. The zero-order chi connectivity index (χ0) is 9.64. The summed E-state index contributed by atoms with van der Waals surface area (Å²) < 4.78 is 0. The lowest BCUT2D eigenvalue weighted by atomic mass is 10.1. The maximum Gasteiger partial charge on any atom is 0.223 e. The summed E-state index contributed by atoms with van der Waals surface area (Å²) in [6, 6.07) is 0. The summed E-state index contributed by atoms with van der Waals surface area (Å²) in [5.74, 6) is 1.76. The van der Waals surface area contributed by atoms with Crippen LogP contribution in [-0.2, 0) is 4.79 Å². The van der Waals surface area contributed by atoms with E-state index >= 15 is 0 Å². The van der Waals surface area contributed by atoms with Gasteiger partial charge in [-0.25, -0.2) is 0 Å². The average Bonchev–Trinajstić information content (AvgIpc) is 2.53. The van der Waals surface area contributed by atoms with E-state index in [1.807, 2.05) is 4.90 Å². The van der Waals surface area contributed by atoms with Crippen molar-refractivity contribution in [2.24, 2.45) is 23.0 Å². The molecule has 2 N–H and O–H groups in total. The second-order valence-electron chi connectivity index (χ2n) is 4.87. The molecule has 0 bridgehead atoms. The monoisotopic (exact) mass is 182 g/mol. The minimum atomic E-state index is 0.241. The van der Waals surface area contributed by atoms with Crippen LogP contribution in [0.25, 0.3) is 0 Å². The van der Waals surface area contributed by atoms with Crippen molar-refractivity contribution < 1.29 is 4.79 Å². The van der Waals surface area contributed by atoms with E-state index in [0.717, 1.165) is 24.9 Å². The summed E-state index contributed by atoms with van der Waals surface area (Å²) in [4.78, 5) is 13.4.